The molecule has 8 nitrogen and oxygen atoms in total. The number of hydrogen-bond acceptors (Lipinski definition) is 7. The maximum absolute atomic E-state index is 12.5. The van der Waals surface area contributed by atoms with Gasteiger partial charge in [0.1, 0.15) is 11.9 Å². The van der Waals surface area contributed by atoms with Gasteiger partial charge in [-0.3, -0.25) is 14.1 Å². The van der Waals surface area contributed by atoms with Gasteiger partial charge in [0.05, 0.1) is 23.0 Å². The predicted molar refractivity (Wildman–Crippen MR) is 115 cm³/mol. The smallest absolute Gasteiger partial charge is 0.266 e. The normalized spacial score (nSPS) is 11.8. The summed E-state index contributed by atoms with van der Waals surface area (Å²) < 4.78 is 35.5. The van der Waals surface area contributed by atoms with E-state index in [1.54, 1.807) is 55.5 Å². The summed E-state index contributed by atoms with van der Waals surface area (Å²) in [6.45, 7) is 1.51. The zero-order valence-electron chi connectivity index (χ0n) is 16.1. The number of nitrogens with zero attached hydrogens (tertiary/aromatic N) is 1. The number of aliphatic imine (C=N–C) groups is 1. The third kappa shape index (κ3) is 7.84. The number of ether oxygens (including phenoxy) is 1. The number of hydrogen-bond donors (Lipinski definition) is 2. The van der Waals surface area contributed by atoms with Gasteiger partial charge in [-0.1, -0.05) is 0 Å². The van der Waals surface area contributed by atoms with Crippen LogP contribution < -0.4 is 10.1 Å². The quantitative estimate of drug-likeness (QED) is 0.248. The average Bonchev–Trinajstić information content (AvgIpc) is 2.68. The van der Waals surface area contributed by atoms with E-state index in [0.29, 0.717) is 22.6 Å². The van der Waals surface area contributed by atoms with Crippen LogP contribution in [0.1, 0.15) is 29.3 Å². The maximum Gasteiger partial charge on any atom is 0.266 e. The van der Waals surface area contributed by atoms with Crippen molar-refractivity contribution in [1.29, 1.82) is 0 Å². The summed E-state index contributed by atoms with van der Waals surface area (Å²) >= 11 is 4.54. The molecule has 158 valence electrons. The van der Waals surface area contributed by atoms with Gasteiger partial charge in [0, 0.05) is 17.7 Å². The first-order valence-corrected chi connectivity index (χ1v) is 10.9. The van der Waals surface area contributed by atoms with Crippen LogP contribution in [0.4, 0.5) is 5.69 Å². The molecule has 1 unspecified atom stereocenters. The zero-order valence-corrected chi connectivity index (χ0v) is 17.7. The second-order valence-electron chi connectivity index (χ2n) is 6.37. The zero-order chi connectivity index (χ0) is 22.1. The molecule has 2 aromatic carbocycles. The standard InChI is InChI=1S/C20H20N2O6S2/c1-14(12-19(23)21-10-11-30(25,26)27)28-18-8-4-16(5-9-18)20(24)15-2-6-17(7-3-15)22-13-29/h2-9,14H,10-12H2,1H3,(H,21,23)(H,25,26,27). The second-order valence-corrected chi connectivity index (χ2v) is 8.13. The molecule has 2 rings (SSSR count). The number of amides is 1. The van der Waals surface area contributed by atoms with E-state index in [1.807, 2.05) is 0 Å². The molecule has 0 heterocycles. The average molecular weight is 449 g/mol. The third-order valence-corrected chi connectivity index (χ3v) is 4.72. The molecular formula is C20H20N2O6S2. The van der Waals surface area contributed by atoms with Crippen LogP contribution in [-0.4, -0.2) is 48.2 Å². The van der Waals surface area contributed by atoms with Crippen molar-refractivity contribution in [2.24, 2.45) is 4.99 Å². The fourth-order valence-corrected chi connectivity index (χ4v) is 2.98. The Morgan fingerprint density at radius 1 is 1.13 bits per heavy atom. The van der Waals surface area contributed by atoms with E-state index in [2.05, 4.69) is 27.7 Å². The first kappa shape index (κ1) is 23.4. The minimum absolute atomic E-state index is 0.00269. The van der Waals surface area contributed by atoms with Crippen LogP contribution in [0.2, 0.25) is 0 Å². The van der Waals surface area contributed by atoms with E-state index in [4.69, 9.17) is 9.29 Å². The molecule has 1 amide bonds. The first-order chi connectivity index (χ1) is 14.2. The van der Waals surface area contributed by atoms with Crippen molar-refractivity contribution in [2.75, 3.05) is 12.3 Å². The molecule has 0 spiro atoms. The number of ketones is 1. The number of rotatable bonds is 10. The van der Waals surface area contributed by atoms with Gasteiger partial charge in [0.15, 0.2) is 5.78 Å². The minimum atomic E-state index is -4.12. The molecule has 0 saturated heterocycles. The summed E-state index contributed by atoms with van der Waals surface area (Å²) in [7, 11) is -4.12. The molecule has 2 N–H and O–H groups in total. The lowest BCUT2D eigenvalue weighted by Crippen LogP contribution is -2.32. The Hall–Kier alpha value is -2.91. The number of benzene rings is 2. The Morgan fingerprint density at radius 3 is 2.23 bits per heavy atom. The number of isothiocyanates is 1. The van der Waals surface area contributed by atoms with Crippen molar-refractivity contribution in [3.05, 3.63) is 59.7 Å². The molecule has 10 heteroatoms. The summed E-state index contributed by atoms with van der Waals surface area (Å²) in [5.74, 6) is -0.633. The highest BCUT2D eigenvalue weighted by Crippen LogP contribution is 2.19. The van der Waals surface area contributed by atoms with Crippen LogP contribution in [0, 0.1) is 0 Å². The van der Waals surface area contributed by atoms with Crippen molar-refractivity contribution in [3.8, 4) is 5.75 Å². The van der Waals surface area contributed by atoms with Crippen LogP contribution in [0.5, 0.6) is 5.75 Å². The highest BCUT2D eigenvalue weighted by Gasteiger charge is 2.13. The largest absolute Gasteiger partial charge is 0.490 e. The molecule has 0 fully saturated rings. The number of carbonyl (C=O) groups excluding carboxylic acids is 2. The Balaban J connectivity index is 1.89. The van der Waals surface area contributed by atoms with E-state index in [1.165, 1.54) is 0 Å². The van der Waals surface area contributed by atoms with Gasteiger partial charge in [-0.2, -0.15) is 13.4 Å². The van der Waals surface area contributed by atoms with E-state index < -0.39 is 27.9 Å². The lowest BCUT2D eigenvalue weighted by molar-refractivity contribution is -0.122. The lowest BCUT2D eigenvalue weighted by atomic mass is 10.0. The molecule has 0 aromatic heterocycles. The van der Waals surface area contributed by atoms with Crippen LogP contribution >= 0.6 is 12.2 Å². The van der Waals surface area contributed by atoms with Crippen LogP contribution in [0.15, 0.2) is 53.5 Å². The number of thiocarbonyl (C=S) groups is 1. The Morgan fingerprint density at radius 2 is 1.70 bits per heavy atom. The molecule has 0 saturated carbocycles. The molecule has 0 bridgehead atoms. The molecule has 2 aromatic rings. The second kappa shape index (κ2) is 10.7. The molecule has 0 aliphatic rings. The lowest BCUT2D eigenvalue weighted by Gasteiger charge is -2.14. The van der Waals surface area contributed by atoms with E-state index in [0.717, 1.165) is 0 Å². The van der Waals surface area contributed by atoms with Crippen LogP contribution in [0.3, 0.4) is 0 Å². The number of nitrogens with one attached hydrogen (secondary N) is 1. The Kier molecular flexibility index (Phi) is 8.37. The summed E-state index contributed by atoms with van der Waals surface area (Å²) in [4.78, 5) is 28.1. The fourth-order valence-electron chi connectivity index (χ4n) is 2.52. The Bertz CT molecular complexity index is 1040. The maximum atomic E-state index is 12.5. The molecule has 0 aliphatic carbocycles. The number of carbonyl (C=O) groups is 2. The summed E-state index contributed by atoms with van der Waals surface area (Å²) in [6.07, 6.45) is -0.477. The van der Waals surface area contributed by atoms with Crippen molar-refractivity contribution < 1.29 is 27.3 Å². The summed E-state index contributed by atoms with van der Waals surface area (Å²) in [5, 5.41) is 4.65. The van der Waals surface area contributed by atoms with Gasteiger partial charge in [-0.05, 0) is 67.7 Å². The van der Waals surface area contributed by atoms with Crippen molar-refractivity contribution in [3.63, 3.8) is 0 Å². The summed E-state index contributed by atoms with van der Waals surface area (Å²) in [5.41, 5.74) is 1.59. The first-order valence-electron chi connectivity index (χ1n) is 8.89. The van der Waals surface area contributed by atoms with Crippen molar-refractivity contribution in [1.82, 2.24) is 5.32 Å². The fraction of sp³-hybridized carbons (Fsp3) is 0.250. The predicted octanol–water partition coefficient (Wildman–Crippen LogP) is 2.81. The van der Waals surface area contributed by atoms with E-state index >= 15 is 0 Å². The molecule has 30 heavy (non-hydrogen) atoms. The SMILES string of the molecule is CC(CC(=O)NCCS(=O)(=O)O)Oc1ccc(C(=O)c2ccc(N=C=S)cc2)cc1. The third-order valence-electron chi connectivity index (χ3n) is 3.91. The van der Waals surface area contributed by atoms with Gasteiger partial charge >= 0.3 is 0 Å². The molecule has 1 atom stereocenters. The Labute approximate surface area is 179 Å². The molecular weight excluding hydrogens is 428 g/mol. The van der Waals surface area contributed by atoms with Crippen LogP contribution in [0.25, 0.3) is 0 Å². The van der Waals surface area contributed by atoms with Crippen molar-refractivity contribution >= 4 is 44.9 Å². The summed E-state index contributed by atoms with van der Waals surface area (Å²) in [6, 6.07) is 13.2. The van der Waals surface area contributed by atoms with Gasteiger partial charge in [-0.25, -0.2) is 0 Å². The highest BCUT2D eigenvalue weighted by molar-refractivity contribution is 7.85. The van der Waals surface area contributed by atoms with E-state index in [9.17, 15) is 18.0 Å². The topological polar surface area (TPSA) is 122 Å². The van der Waals surface area contributed by atoms with Crippen LogP contribution in [-0.2, 0) is 14.9 Å². The monoisotopic (exact) mass is 448 g/mol. The molecule has 0 radical (unpaired) electrons. The molecule has 0 aliphatic heterocycles. The van der Waals surface area contributed by atoms with Crippen molar-refractivity contribution in [2.45, 2.75) is 19.4 Å². The van der Waals surface area contributed by atoms with Gasteiger partial charge < -0.3 is 10.1 Å². The highest BCUT2D eigenvalue weighted by atomic mass is 32.2. The van der Waals surface area contributed by atoms with Gasteiger partial charge in [0.2, 0.25) is 5.91 Å². The van der Waals surface area contributed by atoms with Gasteiger partial charge in [0.25, 0.3) is 10.1 Å². The van der Waals surface area contributed by atoms with Gasteiger partial charge in [-0.15, -0.1) is 0 Å². The minimum Gasteiger partial charge on any atom is -0.490 e. The van der Waals surface area contributed by atoms with E-state index in [-0.39, 0.29) is 18.7 Å².